The zero-order valence-corrected chi connectivity index (χ0v) is 21.0. The molecule has 1 aliphatic rings. The number of amides is 2. The van der Waals surface area contributed by atoms with Gasteiger partial charge in [-0.05, 0) is 65.4 Å². The largest absolute Gasteiger partial charge is 0.493 e. The molecular formula is C25H18BrClFNO4S. The van der Waals surface area contributed by atoms with Gasteiger partial charge in [0.2, 0.25) is 0 Å². The first kappa shape index (κ1) is 24.3. The molecule has 0 aromatic heterocycles. The maximum Gasteiger partial charge on any atom is 0.293 e. The van der Waals surface area contributed by atoms with Gasteiger partial charge >= 0.3 is 0 Å². The normalized spacial score (nSPS) is 14.7. The highest BCUT2D eigenvalue weighted by Gasteiger charge is 2.36. The van der Waals surface area contributed by atoms with Gasteiger partial charge in [-0.1, -0.05) is 51.8 Å². The Bertz CT molecular complexity index is 1260. The van der Waals surface area contributed by atoms with Crippen molar-refractivity contribution in [1.82, 2.24) is 4.90 Å². The van der Waals surface area contributed by atoms with E-state index in [-0.39, 0.29) is 22.0 Å². The number of imide groups is 1. The van der Waals surface area contributed by atoms with Gasteiger partial charge in [0.15, 0.2) is 11.5 Å². The number of carbonyl (C=O) groups is 2. The summed E-state index contributed by atoms with van der Waals surface area (Å²) in [6.07, 6.45) is 1.59. The number of halogens is 3. The van der Waals surface area contributed by atoms with E-state index in [2.05, 4.69) is 15.9 Å². The van der Waals surface area contributed by atoms with E-state index in [0.717, 1.165) is 26.7 Å². The van der Waals surface area contributed by atoms with Crippen LogP contribution < -0.4 is 9.47 Å². The lowest BCUT2D eigenvalue weighted by molar-refractivity contribution is -0.123. The molecule has 4 rings (SSSR count). The lowest BCUT2D eigenvalue weighted by Gasteiger charge is -2.14. The zero-order valence-electron chi connectivity index (χ0n) is 17.9. The van der Waals surface area contributed by atoms with Crippen LogP contribution in [-0.4, -0.2) is 23.2 Å². The monoisotopic (exact) mass is 561 g/mol. The molecule has 0 N–H and O–H groups in total. The van der Waals surface area contributed by atoms with Gasteiger partial charge in [0.25, 0.3) is 11.1 Å². The molecule has 9 heteroatoms. The van der Waals surface area contributed by atoms with Crippen LogP contribution in [0.2, 0.25) is 5.02 Å². The van der Waals surface area contributed by atoms with Crippen molar-refractivity contribution in [3.8, 4) is 11.5 Å². The van der Waals surface area contributed by atoms with E-state index in [0.29, 0.717) is 23.7 Å². The Balaban J connectivity index is 1.50. The quantitative estimate of drug-likeness (QED) is 0.288. The Morgan fingerprint density at radius 1 is 1.09 bits per heavy atom. The fraction of sp³-hybridized carbons (Fsp3) is 0.120. The number of rotatable bonds is 7. The molecule has 5 nitrogen and oxygen atoms in total. The third kappa shape index (κ3) is 5.46. The topological polar surface area (TPSA) is 55.8 Å². The van der Waals surface area contributed by atoms with Crippen molar-refractivity contribution in [3.05, 3.63) is 97.6 Å². The van der Waals surface area contributed by atoms with Gasteiger partial charge in [-0.3, -0.25) is 14.5 Å². The average molecular weight is 563 g/mol. The van der Waals surface area contributed by atoms with Crippen molar-refractivity contribution < 1.29 is 23.5 Å². The van der Waals surface area contributed by atoms with E-state index in [4.69, 9.17) is 21.1 Å². The van der Waals surface area contributed by atoms with E-state index in [1.165, 1.54) is 25.3 Å². The number of nitrogens with zero attached hydrogens (tertiary/aromatic N) is 1. The van der Waals surface area contributed by atoms with E-state index < -0.39 is 17.0 Å². The Hall–Kier alpha value is -2.81. The van der Waals surface area contributed by atoms with Gasteiger partial charge in [-0.25, -0.2) is 4.39 Å². The molecule has 1 saturated heterocycles. The Labute approximate surface area is 213 Å². The van der Waals surface area contributed by atoms with Gasteiger partial charge in [0.1, 0.15) is 12.4 Å². The molecule has 1 heterocycles. The van der Waals surface area contributed by atoms with Crippen molar-refractivity contribution in [2.45, 2.75) is 13.2 Å². The number of thioether (sulfide) groups is 1. The van der Waals surface area contributed by atoms with E-state index in [1.54, 1.807) is 24.3 Å². The van der Waals surface area contributed by atoms with Crippen LogP contribution in [0.5, 0.6) is 11.5 Å². The van der Waals surface area contributed by atoms with Crippen molar-refractivity contribution in [2.75, 3.05) is 7.11 Å². The lowest BCUT2D eigenvalue weighted by Crippen LogP contribution is -2.28. The van der Waals surface area contributed by atoms with Crippen molar-refractivity contribution in [2.24, 2.45) is 0 Å². The van der Waals surface area contributed by atoms with Crippen LogP contribution in [0.25, 0.3) is 6.08 Å². The number of methoxy groups -OCH3 is 1. The second-order valence-corrected chi connectivity index (χ2v) is 9.61. The Morgan fingerprint density at radius 2 is 1.85 bits per heavy atom. The fourth-order valence-electron chi connectivity index (χ4n) is 3.26. The molecule has 0 atom stereocenters. The highest BCUT2D eigenvalue weighted by molar-refractivity contribution is 9.10. The standard InChI is InChI=1S/C25H18BrClFNO4S/c1-32-22-11-16(7-10-21(22)33-14-15-5-8-17(26)9-6-15)12-23-24(30)29(25(31)34-23)13-18-19(27)3-2-4-20(18)28/h2-12H,13-14H2,1H3/b23-12-. The average Bonchev–Trinajstić information content (AvgIpc) is 3.08. The highest BCUT2D eigenvalue weighted by atomic mass is 79.9. The lowest BCUT2D eigenvalue weighted by atomic mass is 10.1. The molecule has 0 bridgehead atoms. The first-order valence-corrected chi connectivity index (χ1v) is 12.1. The van der Waals surface area contributed by atoms with Gasteiger partial charge in [0, 0.05) is 15.1 Å². The van der Waals surface area contributed by atoms with Gasteiger partial charge in [-0.15, -0.1) is 0 Å². The summed E-state index contributed by atoms with van der Waals surface area (Å²) in [6, 6.07) is 17.2. The first-order chi connectivity index (χ1) is 16.4. The predicted octanol–water partition coefficient (Wildman–Crippen LogP) is 7.07. The summed E-state index contributed by atoms with van der Waals surface area (Å²) in [5.74, 6) is -0.0454. The minimum absolute atomic E-state index is 0.0988. The zero-order chi connectivity index (χ0) is 24.2. The number of ether oxygens (including phenoxy) is 2. The number of hydrogen-bond donors (Lipinski definition) is 0. The van der Waals surface area contributed by atoms with Crippen LogP contribution >= 0.6 is 39.3 Å². The van der Waals surface area contributed by atoms with Gasteiger partial charge in [0.05, 0.1) is 18.6 Å². The number of hydrogen-bond acceptors (Lipinski definition) is 5. The third-order valence-electron chi connectivity index (χ3n) is 5.04. The molecule has 1 fully saturated rings. The van der Waals surface area contributed by atoms with Crippen LogP contribution in [0, 0.1) is 5.82 Å². The van der Waals surface area contributed by atoms with Crippen molar-refractivity contribution in [1.29, 1.82) is 0 Å². The van der Waals surface area contributed by atoms with E-state index in [9.17, 15) is 14.0 Å². The Morgan fingerprint density at radius 3 is 2.56 bits per heavy atom. The Kier molecular flexibility index (Phi) is 7.60. The summed E-state index contributed by atoms with van der Waals surface area (Å²) >= 11 is 10.2. The van der Waals surface area contributed by atoms with Crippen molar-refractivity contribution >= 4 is 56.5 Å². The minimum atomic E-state index is -0.570. The molecule has 1 aliphatic heterocycles. The van der Waals surface area contributed by atoms with Crippen LogP contribution in [0.15, 0.2) is 70.0 Å². The molecule has 0 saturated carbocycles. The molecule has 0 aliphatic carbocycles. The molecule has 0 spiro atoms. The van der Waals surface area contributed by atoms with E-state index >= 15 is 0 Å². The van der Waals surface area contributed by atoms with Crippen LogP contribution in [-0.2, 0) is 17.9 Å². The molecule has 3 aromatic rings. The maximum atomic E-state index is 14.1. The molecule has 2 amide bonds. The number of carbonyl (C=O) groups excluding carboxylic acids is 2. The molecule has 34 heavy (non-hydrogen) atoms. The van der Waals surface area contributed by atoms with Crippen LogP contribution in [0.3, 0.4) is 0 Å². The summed E-state index contributed by atoms with van der Waals surface area (Å²) in [6.45, 7) is 0.125. The summed E-state index contributed by atoms with van der Waals surface area (Å²) in [5, 5.41) is -0.330. The summed E-state index contributed by atoms with van der Waals surface area (Å²) in [5.41, 5.74) is 1.75. The predicted molar refractivity (Wildman–Crippen MR) is 134 cm³/mol. The smallest absolute Gasteiger partial charge is 0.293 e. The molecule has 0 unspecified atom stereocenters. The minimum Gasteiger partial charge on any atom is -0.493 e. The summed E-state index contributed by atoms with van der Waals surface area (Å²) < 4.78 is 26.4. The first-order valence-electron chi connectivity index (χ1n) is 10.1. The van der Waals surface area contributed by atoms with Gasteiger partial charge < -0.3 is 9.47 Å². The maximum absolute atomic E-state index is 14.1. The molecule has 0 radical (unpaired) electrons. The third-order valence-corrected chi connectivity index (χ3v) is 6.83. The second-order valence-electron chi connectivity index (χ2n) is 7.29. The van der Waals surface area contributed by atoms with Gasteiger partial charge in [-0.2, -0.15) is 0 Å². The fourth-order valence-corrected chi connectivity index (χ4v) is 4.59. The summed E-state index contributed by atoms with van der Waals surface area (Å²) in [4.78, 5) is 26.5. The molecular weight excluding hydrogens is 545 g/mol. The van der Waals surface area contributed by atoms with Crippen molar-refractivity contribution in [3.63, 3.8) is 0 Å². The second kappa shape index (κ2) is 10.6. The summed E-state index contributed by atoms with van der Waals surface area (Å²) in [7, 11) is 1.53. The molecule has 3 aromatic carbocycles. The highest BCUT2D eigenvalue weighted by Crippen LogP contribution is 2.36. The molecule has 174 valence electrons. The number of benzene rings is 3. The van der Waals surface area contributed by atoms with Crippen LogP contribution in [0.4, 0.5) is 9.18 Å². The SMILES string of the molecule is COc1cc(/C=C2\SC(=O)N(Cc3c(F)cccc3Cl)C2=O)ccc1OCc1ccc(Br)cc1. The van der Waals surface area contributed by atoms with E-state index in [1.807, 2.05) is 24.3 Å². The van der Waals surface area contributed by atoms with Crippen LogP contribution in [0.1, 0.15) is 16.7 Å².